The summed E-state index contributed by atoms with van der Waals surface area (Å²) in [7, 11) is 0. The zero-order valence-electron chi connectivity index (χ0n) is 11.3. The van der Waals surface area contributed by atoms with Crippen molar-refractivity contribution in [2.75, 3.05) is 24.6 Å². The van der Waals surface area contributed by atoms with Crippen molar-refractivity contribution in [3.63, 3.8) is 0 Å². The third-order valence-corrected chi connectivity index (χ3v) is 5.06. The molecule has 21 heavy (non-hydrogen) atoms. The maximum absolute atomic E-state index is 9.39. The van der Waals surface area contributed by atoms with E-state index in [0.29, 0.717) is 28.3 Å². The summed E-state index contributed by atoms with van der Waals surface area (Å²) in [6.45, 7) is 2.07. The maximum Gasteiger partial charge on any atom is 0.103 e. The van der Waals surface area contributed by atoms with Crippen LogP contribution in [0.1, 0.15) is 5.56 Å². The summed E-state index contributed by atoms with van der Waals surface area (Å²) in [5.41, 5.74) is 2.38. The minimum atomic E-state index is 0.275. The molecule has 1 aromatic carbocycles. The third-order valence-electron chi connectivity index (χ3n) is 4.82. The molecule has 1 saturated heterocycles. The van der Waals surface area contributed by atoms with Gasteiger partial charge in [0.15, 0.2) is 0 Å². The molecule has 0 radical (unpaired) electrons. The molecule has 0 bridgehead atoms. The van der Waals surface area contributed by atoms with Crippen LogP contribution in [0.3, 0.4) is 0 Å². The van der Waals surface area contributed by atoms with Crippen LogP contribution < -0.4 is 4.90 Å². The second-order valence-corrected chi connectivity index (χ2v) is 6.31. The van der Waals surface area contributed by atoms with Crippen molar-refractivity contribution in [3.05, 3.63) is 35.0 Å². The lowest BCUT2D eigenvalue weighted by atomic mass is 10.1. The number of anilines is 1. The van der Waals surface area contributed by atoms with E-state index in [2.05, 4.69) is 16.0 Å². The molecule has 1 aliphatic heterocycles. The predicted molar refractivity (Wildman–Crippen MR) is 81.2 cm³/mol. The van der Waals surface area contributed by atoms with Crippen LogP contribution in [0.15, 0.2) is 24.4 Å². The third kappa shape index (κ3) is 1.89. The van der Waals surface area contributed by atoms with Gasteiger partial charge in [0.2, 0.25) is 0 Å². The van der Waals surface area contributed by atoms with E-state index in [1.54, 1.807) is 6.20 Å². The quantitative estimate of drug-likeness (QED) is 0.925. The fraction of sp³-hybridized carbons (Fsp3) is 0.375. The largest absolute Gasteiger partial charge is 0.396 e. The molecule has 106 valence electrons. The molecule has 4 nitrogen and oxygen atoms in total. The van der Waals surface area contributed by atoms with E-state index in [-0.39, 0.29) is 6.61 Å². The van der Waals surface area contributed by atoms with Crippen molar-refractivity contribution in [1.29, 1.82) is 5.26 Å². The number of fused-ring (bicyclic) bond motifs is 2. The van der Waals surface area contributed by atoms with Crippen LogP contribution in [0.4, 0.5) is 5.69 Å². The highest BCUT2D eigenvalue weighted by Crippen LogP contribution is 2.53. The van der Waals surface area contributed by atoms with Gasteiger partial charge in [-0.2, -0.15) is 5.26 Å². The molecule has 2 heterocycles. The van der Waals surface area contributed by atoms with Gasteiger partial charge in [-0.25, -0.2) is 0 Å². The van der Waals surface area contributed by atoms with E-state index in [0.717, 1.165) is 29.7 Å². The topological polar surface area (TPSA) is 60.2 Å². The van der Waals surface area contributed by atoms with E-state index in [1.807, 2.05) is 18.2 Å². The summed E-state index contributed by atoms with van der Waals surface area (Å²) in [4.78, 5) is 6.59. The minimum absolute atomic E-state index is 0.275. The first-order valence-electron chi connectivity index (χ1n) is 7.07. The number of benzene rings is 1. The Morgan fingerprint density at radius 2 is 2.14 bits per heavy atom. The lowest BCUT2D eigenvalue weighted by Crippen LogP contribution is -2.25. The van der Waals surface area contributed by atoms with Gasteiger partial charge in [0, 0.05) is 36.3 Å². The van der Waals surface area contributed by atoms with Crippen LogP contribution in [0, 0.1) is 29.1 Å². The summed E-state index contributed by atoms with van der Waals surface area (Å²) >= 11 is 6.11. The van der Waals surface area contributed by atoms with Crippen molar-refractivity contribution in [1.82, 2.24) is 4.98 Å². The summed E-state index contributed by atoms with van der Waals surface area (Å²) < 4.78 is 0. The van der Waals surface area contributed by atoms with E-state index in [9.17, 15) is 10.4 Å². The number of piperidine rings is 1. The fourth-order valence-electron chi connectivity index (χ4n) is 3.68. The summed E-state index contributed by atoms with van der Waals surface area (Å²) in [5, 5.41) is 20.3. The van der Waals surface area contributed by atoms with Crippen LogP contribution in [0.2, 0.25) is 5.02 Å². The van der Waals surface area contributed by atoms with Gasteiger partial charge in [0.1, 0.15) is 6.07 Å². The normalized spacial score (nSPS) is 26.7. The Morgan fingerprint density at radius 1 is 1.38 bits per heavy atom. The first-order valence-corrected chi connectivity index (χ1v) is 7.45. The maximum atomic E-state index is 9.39. The molecular formula is C16H14ClN3O. The predicted octanol–water partition coefficient (Wildman–Crippen LogP) is 2.43. The Labute approximate surface area is 127 Å². The Kier molecular flexibility index (Phi) is 2.81. The van der Waals surface area contributed by atoms with Crippen molar-refractivity contribution < 1.29 is 5.11 Å². The monoisotopic (exact) mass is 299 g/mol. The van der Waals surface area contributed by atoms with Gasteiger partial charge in [0.25, 0.3) is 0 Å². The molecule has 1 aromatic heterocycles. The summed E-state index contributed by atoms with van der Waals surface area (Å²) in [5.74, 6) is 1.57. The molecule has 3 atom stereocenters. The lowest BCUT2D eigenvalue weighted by molar-refractivity contribution is 0.260. The molecule has 0 amide bonds. The standard InChI is InChI=1S/C16H14ClN3O/c17-10-1-2-15-11(3-10)16(9(4-18)5-19-15)20-6-12-13(7-20)14(12)8-21/h1-3,5,12-14,21H,6-8H2/t12-,13+,14?. The second kappa shape index (κ2) is 4.59. The molecule has 2 aliphatic rings. The second-order valence-electron chi connectivity index (χ2n) is 5.87. The smallest absolute Gasteiger partial charge is 0.103 e. The average molecular weight is 300 g/mol. The first-order chi connectivity index (χ1) is 10.2. The molecule has 1 N–H and O–H groups in total. The van der Waals surface area contributed by atoms with Crippen LogP contribution in [0.5, 0.6) is 0 Å². The number of nitrogens with zero attached hydrogens (tertiary/aromatic N) is 3. The number of aliphatic hydroxyl groups is 1. The molecule has 1 aliphatic carbocycles. The van der Waals surface area contributed by atoms with Crippen molar-refractivity contribution in [2.24, 2.45) is 17.8 Å². The number of aromatic nitrogens is 1. The zero-order chi connectivity index (χ0) is 14.6. The van der Waals surface area contributed by atoms with E-state index in [4.69, 9.17) is 11.6 Å². The van der Waals surface area contributed by atoms with Gasteiger partial charge < -0.3 is 10.0 Å². The van der Waals surface area contributed by atoms with Crippen LogP contribution >= 0.6 is 11.6 Å². The number of aliphatic hydroxyl groups excluding tert-OH is 1. The molecule has 2 fully saturated rings. The molecule has 4 rings (SSSR count). The number of halogens is 1. The number of pyridine rings is 1. The first kappa shape index (κ1) is 12.9. The van der Waals surface area contributed by atoms with Crippen LogP contribution in [-0.2, 0) is 0 Å². The van der Waals surface area contributed by atoms with Crippen LogP contribution in [0.25, 0.3) is 10.9 Å². The zero-order valence-corrected chi connectivity index (χ0v) is 12.1. The molecular weight excluding hydrogens is 286 g/mol. The Balaban J connectivity index is 1.80. The van der Waals surface area contributed by atoms with Gasteiger partial charge in [-0.3, -0.25) is 4.98 Å². The van der Waals surface area contributed by atoms with Crippen molar-refractivity contribution >= 4 is 28.2 Å². The van der Waals surface area contributed by atoms with E-state index < -0.39 is 0 Å². The summed E-state index contributed by atoms with van der Waals surface area (Å²) in [6, 6.07) is 7.82. The van der Waals surface area contributed by atoms with Gasteiger partial charge in [-0.1, -0.05) is 11.6 Å². The number of hydrogen-bond donors (Lipinski definition) is 1. The van der Waals surface area contributed by atoms with Gasteiger partial charge in [0.05, 0.1) is 16.8 Å². The van der Waals surface area contributed by atoms with E-state index in [1.165, 1.54) is 0 Å². The molecule has 2 aromatic rings. The molecule has 0 spiro atoms. The lowest BCUT2D eigenvalue weighted by Gasteiger charge is -2.24. The van der Waals surface area contributed by atoms with Crippen LogP contribution in [-0.4, -0.2) is 29.8 Å². The SMILES string of the molecule is N#Cc1cnc2ccc(Cl)cc2c1N1C[C@@H]2C(CO)[C@@H]2C1. The Morgan fingerprint density at radius 3 is 2.81 bits per heavy atom. The Hall–Kier alpha value is -1.83. The van der Waals surface area contributed by atoms with Crippen molar-refractivity contribution in [3.8, 4) is 6.07 Å². The molecule has 1 saturated carbocycles. The highest BCUT2D eigenvalue weighted by Gasteiger charge is 2.55. The number of nitriles is 1. The Bertz CT molecular complexity index is 758. The molecule has 1 unspecified atom stereocenters. The van der Waals surface area contributed by atoms with Gasteiger partial charge >= 0.3 is 0 Å². The summed E-state index contributed by atoms with van der Waals surface area (Å²) in [6.07, 6.45) is 1.64. The number of hydrogen-bond acceptors (Lipinski definition) is 4. The van der Waals surface area contributed by atoms with Gasteiger partial charge in [-0.15, -0.1) is 0 Å². The van der Waals surface area contributed by atoms with Crippen molar-refractivity contribution in [2.45, 2.75) is 0 Å². The fourth-order valence-corrected chi connectivity index (χ4v) is 3.85. The highest BCUT2D eigenvalue weighted by atomic mass is 35.5. The molecule has 5 heteroatoms. The van der Waals surface area contributed by atoms with E-state index >= 15 is 0 Å². The minimum Gasteiger partial charge on any atom is -0.396 e. The van der Waals surface area contributed by atoms with Gasteiger partial charge in [-0.05, 0) is 36.0 Å². The number of rotatable bonds is 2. The highest BCUT2D eigenvalue weighted by molar-refractivity contribution is 6.31. The average Bonchev–Trinajstić information content (AvgIpc) is 2.97.